The zero-order valence-corrected chi connectivity index (χ0v) is 17.3. The molecule has 0 heterocycles. The van der Waals surface area contributed by atoms with Crippen molar-refractivity contribution < 1.29 is 14.6 Å². The monoisotopic (exact) mass is 398 g/mol. The maximum absolute atomic E-state index is 12.3. The average Bonchev–Trinajstić information content (AvgIpc) is 2.68. The molecule has 1 fully saturated rings. The second kappa shape index (κ2) is 12.2. The van der Waals surface area contributed by atoms with Crippen molar-refractivity contribution >= 4 is 18.3 Å². The second-order valence-corrected chi connectivity index (χ2v) is 7.57. The summed E-state index contributed by atoms with van der Waals surface area (Å²) in [6.07, 6.45) is 7.45. The molecule has 0 radical (unpaired) electrons. The van der Waals surface area contributed by atoms with Gasteiger partial charge < -0.3 is 20.9 Å². The summed E-state index contributed by atoms with van der Waals surface area (Å²) in [6.45, 7) is 0. The number of nitrogens with one attached hydrogen (secondary N) is 1. The molecular weight excluding hydrogens is 364 g/mol. The number of carbonyl (C=O) groups is 1. The van der Waals surface area contributed by atoms with E-state index in [9.17, 15) is 9.90 Å². The standard InChI is InChI=1S/C21H34N2O3.ClH/c1-23-21(25)17(12-16-8-10-18(26-2)11-9-16)14-20(24)19(22)13-15-6-4-3-5-7-15;/h8-11,15,17,19-20,24H,3-7,12-14,22H2,1-2H3,(H,23,25);1H/t17-,19+,20+;/m1./s1. The van der Waals surface area contributed by atoms with E-state index in [1.807, 2.05) is 24.3 Å². The molecule has 1 amide bonds. The van der Waals surface area contributed by atoms with Crippen molar-refractivity contribution in [3.05, 3.63) is 29.8 Å². The summed E-state index contributed by atoms with van der Waals surface area (Å²) in [5.74, 6) is 1.07. The molecule has 0 aromatic heterocycles. The van der Waals surface area contributed by atoms with E-state index in [1.165, 1.54) is 32.1 Å². The van der Waals surface area contributed by atoms with Crippen molar-refractivity contribution in [2.24, 2.45) is 17.6 Å². The van der Waals surface area contributed by atoms with Gasteiger partial charge in [0.2, 0.25) is 5.91 Å². The Morgan fingerprint density at radius 3 is 2.44 bits per heavy atom. The molecule has 4 N–H and O–H groups in total. The molecule has 154 valence electrons. The van der Waals surface area contributed by atoms with Crippen LogP contribution in [0.3, 0.4) is 0 Å². The summed E-state index contributed by atoms with van der Waals surface area (Å²) in [7, 11) is 3.27. The molecule has 0 spiro atoms. The number of amides is 1. The smallest absolute Gasteiger partial charge is 0.223 e. The van der Waals surface area contributed by atoms with Gasteiger partial charge in [0.25, 0.3) is 0 Å². The van der Waals surface area contributed by atoms with Crippen molar-refractivity contribution in [2.45, 2.75) is 63.5 Å². The number of carbonyl (C=O) groups excluding carboxylic acids is 1. The zero-order valence-electron chi connectivity index (χ0n) is 16.5. The van der Waals surface area contributed by atoms with Crippen molar-refractivity contribution in [1.29, 1.82) is 0 Å². The first kappa shape index (κ1) is 23.7. The second-order valence-electron chi connectivity index (χ2n) is 7.57. The van der Waals surface area contributed by atoms with Gasteiger partial charge in [-0.1, -0.05) is 44.2 Å². The Hall–Kier alpha value is -1.30. The van der Waals surface area contributed by atoms with Crippen molar-refractivity contribution in [3.8, 4) is 5.75 Å². The summed E-state index contributed by atoms with van der Waals surface area (Å²) in [5, 5.41) is 13.3. The van der Waals surface area contributed by atoms with Crippen LogP contribution in [0.2, 0.25) is 0 Å². The lowest BCUT2D eigenvalue weighted by molar-refractivity contribution is -0.125. The van der Waals surface area contributed by atoms with E-state index in [0.29, 0.717) is 18.8 Å². The summed E-state index contributed by atoms with van der Waals surface area (Å²) >= 11 is 0. The number of methoxy groups -OCH3 is 1. The van der Waals surface area contributed by atoms with Crippen LogP contribution < -0.4 is 15.8 Å². The third-order valence-electron chi connectivity index (χ3n) is 5.61. The van der Waals surface area contributed by atoms with Crippen molar-refractivity contribution in [2.75, 3.05) is 14.2 Å². The molecule has 2 rings (SSSR count). The van der Waals surface area contributed by atoms with Crippen LogP contribution in [0.15, 0.2) is 24.3 Å². The van der Waals surface area contributed by atoms with Crippen LogP contribution in [0.1, 0.15) is 50.5 Å². The average molecular weight is 399 g/mol. The van der Waals surface area contributed by atoms with E-state index in [2.05, 4.69) is 5.32 Å². The normalized spacial score (nSPS) is 18.1. The lowest BCUT2D eigenvalue weighted by Crippen LogP contribution is -2.41. The summed E-state index contributed by atoms with van der Waals surface area (Å²) in [6, 6.07) is 7.44. The molecule has 1 aromatic carbocycles. The SMILES string of the molecule is CNC(=O)[C@H](Cc1ccc(OC)cc1)C[C@H](O)[C@@H](N)CC1CCCCC1.Cl. The summed E-state index contributed by atoms with van der Waals surface area (Å²) in [5.41, 5.74) is 7.32. The predicted molar refractivity (Wildman–Crippen MR) is 111 cm³/mol. The first-order valence-electron chi connectivity index (χ1n) is 9.81. The fourth-order valence-corrected chi connectivity index (χ4v) is 3.96. The van der Waals surface area contributed by atoms with E-state index in [4.69, 9.17) is 10.5 Å². The Kier molecular flexibility index (Phi) is 10.7. The summed E-state index contributed by atoms with van der Waals surface area (Å²) < 4.78 is 5.18. The van der Waals surface area contributed by atoms with Gasteiger partial charge in [-0.3, -0.25) is 4.79 Å². The number of ether oxygens (including phenoxy) is 1. The fraction of sp³-hybridized carbons (Fsp3) is 0.667. The first-order chi connectivity index (χ1) is 12.5. The molecule has 27 heavy (non-hydrogen) atoms. The van der Waals surface area contributed by atoms with Gasteiger partial charge in [-0.25, -0.2) is 0 Å². The van der Waals surface area contributed by atoms with E-state index in [-0.39, 0.29) is 30.3 Å². The van der Waals surface area contributed by atoms with Gasteiger partial charge in [-0.2, -0.15) is 0 Å². The lowest BCUT2D eigenvalue weighted by Gasteiger charge is -2.28. The van der Waals surface area contributed by atoms with E-state index in [1.54, 1.807) is 14.2 Å². The molecule has 1 saturated carbocycles. The van der Waals surface area contributed by atoms with Gasteiger partial charge in [0, 0.05) is 19.0 Å². The molecule has 6 heteroatoms. The van der Waals surface area contributed by atoms with Gasteiger partial charge in [0.1, 0.15) is 5.75 Å². The molecule has 0 saturated heterocycles. The number of halogens is 1. The molecule has 1 aliphatic carbocycles. The molecule has 1 aromatic rings. The highest BCUT2D eigenvalue weighted by molar-refractivity contribution is 5.85. The number of hydrogen-bond acceptors (Lipinski definition) is 4. The number of hydrogen-bond donors (Lipinski definition) is 3. The Morgan fingerprint density at radius 2 is 1.89 bits per heavy atom. The molecule has 5 nitrogen and oxygen atoms in total. The van der Waals surface area contributed by atoms with Crippen LogP contribution in [0.4, 0.5) is 0 Å². The number of aliphatic hydroxyl groups is 1. The number of aliphatic hydroxyl groups excluding tert-OH is 1. The Bertz CT molecular complexity index is 547. The molecule has 1 aliphatic rings. The Balaban J connectivity index is 0.00000364. The third-order valence-corrected chi connectivity index (χ3v) is 5.61. The van der Waals surface area contributed by atoms with Crippen LogP contribution in [0, 0.1) is 11.8 Å². The summed E-state index contributed by atoms with van der Waals surface area (Å²) in [4.78, 5) is 12.3. The number of benzene rings is 1. The highest BCUT2D eigenvalue weighted by Crippen LogP contribution is 2.28. The highest BCUT2D eigenvalue weighted by atomic mass is 35.5. The largest absolute Gasteiger partial charge is 0.497 e. The molecular formula is C21H35ClN2O3. The van der Waals surface area contributed by atoms with Gasteiger partial charge in [0.05, 0.1) is 13.2 Å². The van der Waals surface area contributed by atoms with Crippen LogP contribution in [-0.2, 0) is 11.2 Å². The Morgan fingerprint density at radius 1 is 1.26 bits per heavy atom. The van der Waals surface area contributed by atoms with E-state index < -0.39 is 6.10 Å². The van der Waals surface area contributed by atoms with Crippen LogP contribution in [0.5, 0.6) is 5.75 Å². The van der Waals surface area contributed by atoms with Crippen molar-refractivity contribution in [3.63, 3.8) is 0 Å². The van der Waals surface area contributed by atoms with Gasteiger partial charge >= 0.3 is 0 Å². The highest BCUT2D eigenvalue weighted by Gasteiger charge is 2.27. The quantitative estimate of drug-likeness (QED) is 0.596. The minimum atomic E-state index is -0.655. The molecule has 3 atom stereocenters. The first-order valence-corrected chi connectivity index (χ1v) is 9.81. The van der Waals surface area contributed by atoms with E-state index in [0.717, 1.165) is 17.7 Å². The van der Waals surface area contributed by atoms with Crippen molar-refractivity contribution in [1.82, 2.24) is 5.32 Å². The molecule has 0 bridgehead atoms. The number of nitrogens with two attached hydrogens (primary N) is 1. The van der Waals surface area contributed by atoms with Gasteiger partial charge in [-0.15, -0.1) is 12.4 Å². The van der Waals surface area contributed by atoms with Gasteiger partial charge in [-0.05, 0) is 42.9 Å². The zero-order chi connectivity index (χ0) is 18.9. The third kappa shape index (κ3) is 7.68. The molecule has 0 aliphatic heterocycles. The minimum absolute atomic E-state index is 0. The van der Waals surface area contributed by atoms with Crippen LogP contribution in [-0.4, -0.2) is 37.3 Å². The topological polar surface area (TPSA) is 84.6 Å². The predicted octanol–water partition coefficient (Wildman–Crippen LogP) is 3.07. The lowest BCUT2D eigenvalue weighted by atomic mass is 9.82. The fourth-order valence-electron chi connectivity index (χ4n) is 3.96. The Labute approximate surface area is 169 Å². The van der Waals surface area contributed by atoms with Crippen LogP contribution >= 0.6 is 12.4 Å². The van der Waals surface area contributed by atoms with E-state index >= 15 is 0 Å². The minimum Gasteiger partial charge on any atom is -0.497 e. The molecule has 0 unspecified atom stereocenters. The maximum Gasteiger partial charge on any atom is 0.223 e. The van der Waals surface area contributed by atoms with Crippen LogP contribution in [0.25, 0.3) is 0 Å². The van der Waals surface area contributed by atoms with Gasteiger partial charge in [0.15, 0.2) is 0 Å². The maximum atomic E-state index is 12.3. The number of rotatable bonds is 9.